The fourth-order valence-corrected chi connectivity index (χ4v) is 2.19. The lowest BCUT2D eigenvalue weighted by atomic mass is 10.1. The highest BCUT2D eigenvalue weighted by molar-refractivity contribution is 7.45. The molecular weight excluding hydrogens is 329 g/mol. The molecular formula is C13H26NO8P. The first-order valence-electron chi connectivity index (χ1n) is 6.98. The van der Waals surface area contributed by atoms with Gasteiger partial charge in [-0.2, -0.15) is 0 Å². The summed E-state index contributed by atoms with van der Waals surface area (Å²) in [5.74, 6) is -1.25. The zero-order valence-corrected chi connectivity index (χ0v) is 15.4. The fraction of sp³-hybridized carbons (Fsp3) is 0.846. The number of carbonyl (C=O) groups excluding carboxylic acids is 2. The molecule has 0 aromatic carbocycles. The average Bonchev–Trinajstić information content (AvgIpc) is 2.32. The van der Waals surface area contributed by atoms with Gasteiger partial charge < -0.3 is 27.9 Å². The Hall–Kier alpha value is -0.990. The Morgan fingerprint density at radius 1 is 1.09 bits per heavy atom. The zero-order chi connectivity index (χ0) is 18.3. The van der Waals surface area contributed by atoms with Gasteiger partial charge in [0.25, 0.3) is 7.82 Å². The van der Waals surface area contributed by atoms with Crippen LogP contribution >= 0.6 is 7.82 Å². The van der Waals surface area contributed by atoms with Crippen molar-refractivity contribution in [3.63, 3.8) is 0 Å². The van der Waals surface area contributed by atoms with Crippen LogP contribution in [0, 0.1) is 0 Å². The van der Waals surface area contributed by atoms with Crippen LogP contribution in [0.1, 0.15) is 20.8 Å². The van der Waals surface area contributed by atoms with E-state index >= 15 is 0 Å². The maximum absolute atomic E-state index is 11.7. The fourth-order valence-electron chi connectivity index (χ4n) is 1.38. The summed E-state index contributed by atoms with van der Waals surface area (Å²) in [7, 11) is 1.10. The molecule has 0 saturated heterocycles. The van der Waals surface area contributed by atoms with E-state index in [2.05, 4.69) is 0 Å². The van der Waals surface area contributed by atoms with E-state index < -0.39 is 32.0 Å². The predicted molar refractivity (Wildman–Crippen MR) is 79.2 cm³/mol. The van der Waals surface area contributed by atoms with Crippen LogP contribution in [0.3, 0.4) is 0 Å². The lowest BCUT2D eigenvalue weighted by Gasteiger charge is -2.32. The summed E-state index contributed by atoms with van der Waals surface area (Å²) in [6, 6.07) is 0. The lowest BCUT2D eigenvalue weighted by molar-refractivity contribution is -0.870. The van der Waals surface area contributed by atoms with Crippen LogP contribution in [-0.4, -0.2) is 69.5 Å². The van der Waals surface area contributed by atoms with Gasteiger partial charge in [-0.15, -0.1) is 0 Å². The van der Waals surface area contributed by atoms with Crippen molar-refractivity contribution in [3.8, 4) is 0 Å². The number of nitrogens with zero attached hydrogens (tertiary/aromatic N) is 1. The molecule has 0 heterocycles. The minimum Gasteiger partial charge on any atom is -0.756 e. The molecule has 0 N–H and O–H groups in total. The van der Waals surface area contributed by atoms with Gasteiger partial charge in [0.1, 0.15) is 19.8 Å². The molecule has 10 heteroatoms. The van der Waals surface area contributed by atoms with Crippen molar-refractivity contribution in [1.82, 2.24) is 0 Å². The summed E-state index contributed by atoms with van der Waals surface area (Å²) < 4.78 is 31.5. The highest BCUT2D eigenvalue weighted by Crippen LogP contribution is 2.39. The molecule has 0 fully saturated rings. The van der Waals surface area contributed by atoms with Crippen molar-refractivity contribution in [2.45, 2.75) is 26.4 Å². The van der Waals surface area contributed by atoms with Crippen molar-refractivity contribution in [2.75, 3.05) is 47.5 Å². The third kappa shape index (κ3) is 12.1. The second kappa shape index (κ2) is 8.75. The van der Waals surface area contributed by atoms with E-state index in [1.54, 1.807) is 0 Å². The number of likely N-dealkylation sites (N-methyl/N-ethyl adjacent to an activating group) is 1. The smallest absolute Gasteiger partial charge is 0.303 e. The van der Waals surface area contributed by atoms with Crippen LogP contribution in [0.15, 0.2) is 0 Å². The number of hydrogen-bond donors (Lipinski definition) is 0. The standard InChI is InChI=1S/C13H26NO8P/c1-11(15)19-9-13(3,22-12(2)16)10-21-23(17,18)20-8-7-14(4,5)6/h7-10H2,1-6H3/t13-/m1/s1. The Kier molecular flexibility index (Phi) is 8.37. The molecule has 2 atom stereocenters. The number of esters is 2. The molecule has 0 aliphatic rings. The van der Waals surface area contributed by atoms with Crippen LogP contribution in [0.25, 0.3) is 0 Å². The second-order valence-electron chi connectivity index (χ2n) is 6.39. The first kappa shape index (κ1) is 22.0. The third-order valence-corrected chi connectivity index (χ3v) is 3.45. The number of rotatable bonds is 10. The van der Waals surface area contributed by atoms with Gasteiger partial charge in [0, 0.05) is 13.8 Å². The highest BCUT2D eigenvalue weighted by Gasteiger charge is 2.32. The zero-order valence-electron chi connectivity index (χ0n) is 14.5. The first-order chi connectivity index (χ1) is 10.2. The maximum Gasteiger partial charge on any atom is 0.303 e. The Bertz CT molecular complexity index is 461. The highest BCUT2D eigenvalue weighted by atomic mass is 31.2. The van der Waals surface area contributed by atoms with Crippen molar-refractivity contribution < 1.29 is 42.1 Å². The molecule has 0 aliphatic carbocycles. The average molecular weight is 355 g/mol. The van der Waals surface area contributed by atoms with E-state index in [0.29, 0.717) is 11.0 Å². The van der Waals surface area contributed by atoms with Gasteiger partial charge in [0.15, 0.2) is 5.60 Å². The van der Waals surface area contributed by atoms with Crippen molar-refractivity contribution >= 4 is 19.8 Å². The quantitative estimate of drug-likeness (QED) is 0.308. The predicted octanol–water partition coefficient (Wildman–Crippen LogP) is 0.0791. The number of hydrogen-bond acceptors (Lipinski definition) is 8. The number of phosphoric acid groups is 1. The van der Waals surface area contributed by atoms with E-state index in [0.717, 1.165) is 6.92 Å². The van der Waals surface area contributed by atoms with E-state index in [9.17, 15) is 19.0 Å². The largest absolute Gasteiger partial charge is 0.756 e. The maximum atomic E-state index is 11.7. The molecule has 0 radical (unpaired) electrons. The van der Waals surface area contributed by atoms with Crippen molar-refractivity contribution in [3.05, 3.63) is 0 Å². The van der Waals surface area contributed by atoms with Crippen molar-refractivity contribution in [2.24, 2.45) is 0 Å². The minimum absolute atomic E-state index is 0.0432. The van der Waals surface area contributed by atoms with Crippen LogP contribution in [0.5, 0.6) is 0 Å². The molecule has 0 aromatic rings. The number of ether oxygens (including phenoxy) is 2. The molecule has 0 saturated carbocycles. The minimum atomic E-state index is -4.56. The van der Waals surface area contributed by atoms with Crippen LogP contribution in [0.2, 0.25) is 0 Å². The summed E-state index contributed by atoms with van der Waals surface area (Å²) in [5.41, 5.74) is -1.43. The summed E-state index contributed by atoms with van der Waals surface area (Å²) in [5, 5.41) is 0. The Labute approximate surface area is 136 Å². The van der Waals surface area contributed by atoms with Gasteiger partial charge in [-0.05, 0) is 6.92 Å². The van der Waals surface area contributed by atoms with Gasteiger partial charge in [-0.1, -0.05) is 0 Å². The molecule has 0 aliphatic heterocycles. The molecule has 9 nitrogen and oxygen atoms in total. The number of quaternary nitrogens is 1. The molecule has 0 rings (SSSR count). The Morgan fingerprint density at radius 2 is 1.65 bits per heavy atom. The summed E-state index contributed by atoms with van der Waals surface area (Å²) in [4.78, 5) is 33.7. The SMILES string of the molecule is CC(=O)OC[C@](C)(COP(=O)([O-])OCC[N+](C)(C)C)OC(C)=O. The molecule has 0 bridgehead atoms. The van der Waals surface area contributed by atoms with Crippen LogP contribution in [-0.2, 0) is 32.7 Å². The molecule has 23 heavy (non-hydrogen) atoms. The molecule has 0 aromatic heterocycles. The Morgan fingerprint density at radius 3 is 2.09 bits per heavy atom. The number of carbonyl (C=O) groups is 2. The normalized spacial score (nSPS) is 17.0. The van der Waals surface area contributed by atoms with E-state index in [1.807, 2.05) is 21.1 Å². The van der Waals surface area contributed by atoms with E-state index in [-0.39, 0.29) is 13.2 Å². The van der Waals surface area contributed by atoms with E-state index in [4.69, 9.17) is 18.5 Å². The second-order valence-corrected chi connectivity index (χ2v) is 7.80. The van der Waals surface area contributed by atoms with Crippen molar-refractivity contribution in [1.29, 1.82) is 0 Å². The topological polar surface area (TPSA) is 111 Å². The molecule has 1 unspecified atom stereocenters. The van der Waals surface area contributed by atoms with Gasteiger partial charge in [0.2, 0.25) is 0 Å². The van der Waals surface area contributed by atoms with E-state index in [1.165, 1.54) is 13.8 Å². The number of phosphoric ester groups is 1. The van der Waals surface area contributed by atoms with Gasteiger partial charge in [-0.3, -0.25) is 14.2 Å². The van der Waals surface area contributed by atoms with Crippen LogP contribution in [0.4, 0.5) is 0 Å². The molecule has 0 spiro atoms. The Balaban J connectivity index is 4.59. The van der Waals surface area contributed by atoms with Crippen LogP contribution < -0.4 is 4.89 Å². The summed E-state index contributed by atoms with van der Waals surface area (Å²) in [6.07, 6.45) is 0. The molecule has 0 amide bonds. The summed E-state index contributed by atoms with van der Waals surface area (Å²) >= 11 is 0. The third-order valence-electron chi connectivity index (χ3n) is 2.51. The summed E-state index contributed by atoms with van der Waals surface area (Å²) in [6.45, 7) is 3.29. The van der Waals surface area contributed by atoms with Gasteiger partial charge in [-0.25, -0.2) is 0 Å². The first-order valence-corrected chi connectivity index (χ1v) is 8.44. The monoisotopic (exact) mass is 355 g/mol. The lowest BCUT2D eigenvalue weighted by Crippen LogP contribution is -2.42. The molecule has 136 valence electrons. The van der Waals surface area contributed by atoms with Gasteiger partial charge in [0.05, 0.1) is 27.7 Å². The van der Waals surface area contributed by atoms with Gasteiger partial charge >= 0.3 is 11.9 Å².